The standard InChI is InChI=1S/C4H11P.CH2O2/c1-2-3-4-5;2-1-3/h2-5H2,1H3;1H,(H,2,3). The minimum absolute atomic E-state index is 0.250. The van der Waals surface area contributed by atoms with E-state index >= 15 is 0 Å². The van der Waals surface area contributed by atoms with Crippen LogP contribution in [0.15, 0.2) is 0 Å². The first-order chi connectivity index (χ1) is 3.83. The highest BCUT2D eigenvalue weighted by Gasteiger charge is 1.68. The summed E-state index contributed by atoms with van der Waals surface area (Å²) in [4.78, 5) is 8.36. The number of rotatable bonds is 2. The predicted octanol–water partition coefficient (Wildman–Crippen LogP) is 1.36. The maximum atomic E-state index is 8.36. The van der Waals surface area contributed by atoms with Crippen LogP contribution in [0, 0.1) is 0 Å². The van der Waals surface area contributed by atoms with Crippen molar-refractivity contribution in [1.29, 1.82) is 0 Å². The highest BCUT2D eigenvalue weighted by Crippen LogP contribution is 1.89. The van der Waals surface area contributed by atoms with Gasteiger partial charge < -0.3 is 5.11 Å². The van der Waals surface area contributed by atoms with Gasteiger partial charge in [-0.1, -0.05) is 19.8 Å². The van der Waals surface area contributed by atoms with Crippen molar-refractivity contribution in [2.45, 2.75) is 19.8 Å². The third-order valence-electron chi connectivity index (χ3n) is 0.558. The SMILES string of the molecule is CCCCP.O=CO. The highest BCUT2D eigenvalue weighted by molar-refractivity contribution is 7.16. The molecule has 0 amide bonds. The molecule has 0 bridgehead atoms. The fourth-order valence-electron chi connectivity index (χ4n) is 0.204. The van der Waals surface area contributed by atoms with E-state index in [1.54, 1.807) is 0 Å². The zero-order chi connectivity index (χ0) is 6.83. The molecule has 0 aliphatic heterocycles. The average Bonchev–Trinajstić information content (AvgIpc) is 1.71. The molecule has 1 unspecified atom stereocenters. The van der Waals surface area contributed by atoms with Crippen molar-refractivity contribution in [3.05, 3.63) is 0 Å². The van der Waals surface area contributed by atoms with Crippen LogP contribution in [-0.4, -0.2) is 17.7 Å². The van der Waals surface area contributed by atoms with Gasteiger partial charge in [-0.05, 0) is 6.16 Å². The molecular formula is C5H13O2P. The molecule has 0 aliphatic rings. The van der Waals surface area contributed by atoms with Crippen LogP contribution in [0.5, 0.6) is 0 Å². The largest absolute Gasteiger partial charge is 0.483 e. The lowest BCUT2D eigenvalue weighted by Crippen LogP contribution is -1.64. The van der Waals surface area contributed by atoms with Crippen LogP contribution in [0.4, 0.5) is 0 Å². The molecule has 0 aromatic rings. The lowest BCUT2D eigenvalue weighted by atomic mass is 10.4. The lowest BCUT2D eigenvalue weighted by Gasteiger charge is -1.79. The van der Waals surface area contributed by atoms with E-state index in [0.717, 1.165) is 0 Å². The van der Waals surface area contributed by atoms with Gasteiger partial charge in [0.25, 0.3) is 6.47 Å². The summed E-state index contributed by atoms with van der Waals surface area (Å²) in [6.45, 7) is 1.95. The minimum Gasteiger partial charge on any atom is -0.483 e. The van der Waals surface area contributed by atoms with Crippen LogP contribution in [0.2, 0.25) is 0 Å². The van der Waals surface area contributed by atoms with Gasteiger partial charge >= 0.3 is 0 Å². The molecule has 0 fully saturated rings. The molecule has 0 aromatic heterocycles. The third-order valence-corrected chi connectivity index (χ3v) is 0.966. The predicted molar refractivity (Wildman–Crippen MR) is 38.2 cm³/mol. The van der Waals surface area contributed by atoms with E-state index in [0.29, 0.717) is 0 Å². The monoisotopic (exact) mass is 136 g/mol. The second-order valence-corrected chi connectivity index (χ2v) is 1.82. The van der Waals surface area contributed by atoms with Gasteiger partial charge in [-0.3, -0.25) is 4.79 Å². The van der Waals surface area contributed by atoms with Gasteiger partial charge in [0.05, 0.1) is 0 Å². The van der Waals surface area contributed by atoms with Gasteiger partial charge in [0.2, 0.25) is 0 Å². The van der Waals surface area contributed by atoms with Gasteiger partial charge in [-0.15, -0.1) is 9.24 Å². The van der Waals surface area contributed by atoms with Crippen LogP contribution in [0.25, 0.3) is 0 Å². The van der Waals surface area contributed by atoms with E-state index < -0.39 is 0 Å². The summed E-state index contributed by atoms with van der Waals surface area (Å²) in [5.74, 6) is 0. The van der Waals surface area contributed by atoms with Crippen molar-refractivity contribution in [1.82, 2.24) is 0 Å². The summed E-state index contributed by atoms with van der Waals surface area (Å²) in [5.41, 5.74) is 0. The van der Waals surface area contributed by atoms with E-state index in [1.807, 2.05) is 0 Å². The average molecular weight is 136 g/mol. The van der Waals surface area contributed by atoms with Gasteiger partial charge in [0.15, 0.2) is 0 Å². The molecule has 0 radical (unpaired) electrons. The van der Waals surface area contributed by atoms with Crippen LogP contribution in [-0.2, 0) is 4.79 Å². The van der Waals surface area contributed by atoms with Crippen LogP contribution >= 0.6 is 9.24 Å². The maximum Gasteiger partial charge on any atom is 0.290 e. The summed E-state index contributed by atoms with van der Waals surface area (Å²) in [6.07, 6.45) is 3.94. The zero-order valence-corrected chi connectivity index (χ0v) is 6.29. The topological polar surface area (TPSA) is 37.3 Å². The number of hydrogen-bond donors (Lipinski definition) is 1. The molecule has 1 atom stereocenters. The molecule has 0 aromatic carbocycles. The van der Waals surface area contributed by atoms with Crippen molar-refractivity contribution in [2.75, 3.05) is 6.16 Å². The van der Waals surface area contributed by atoms with Crippen molar-refractivity contribution < 1.29 is 9.90 Å². The smallest absolute Gasteiger partial charge is 0.290 e. The van der Waals surface area contributed by atoms with Crippen LogP contribution in [0.1, 0.15) is 19.8 Å². The summed E-state index contributed by atoms with van der Waals surface area (Å²) >= 11 is 0. The number of unbranched alkanes of at least 4 members (excludes halogenated alkanes) is 1. The molecular weight excluding hydrogens is 123 g/mol. The summed E-state index contributed by atoms with van der Waals surface area (Å²) in [7, 11) is 2.70. The molecule has 50 valence electrons. The maximum absolute atomic E-state index is 8.36. The van der Waals surface area contributed by atoms with E-state index in [4.69, 9.17) is 9.90 Å². The van der Waals surface area contributed by atoms with Gasteiger partial charge in [0.1, 0.15) is 0 Å². The molecule has 8 heavy (non-hydrogen) atoms. The Hall–Kier alpha value is -0.100. The van der Waals surface area contributed by atoms with Crippen molar-refractivity contribution >= 4 is 15.7 Å². The first-order valence-electron chi connectivity index (χ1n) is 2.61. The quantitative estimate of drug-likeness (QED) is 0.459. The van der Waals surface area contributed by atoms with E-state index in [1.165, 1.54) is 19.0 Å². The molecule has 0 saturated heterocycles. The number of carbonyl (C=O) groups is 1. The molecule has 0 saturated carbocycles. The zero-order valence-electron chi connectivity index (χ0n) is 5.13. The normalized spacial score (nSPS) is 6.75. The van der Waals surface area contributed by atoms with E-state index in [-0.39, 0.29) is 6.47 Å². The molecule has 0 rings (SSSR count). The van der Waals surface area contributed by atoms with E-state index in [2.05, 4.69) is 16.2 Å². The summed E-state index contributed by atoms with van der Waals surface area (Å²) < 4.78 is 0. The van der Waals surface area contributed by atoms with Gasteiger partial charge in [0, 0.05) is 0 Å². The molecule has 0 spiro atoms. The Bertz CT molecular complexity index is 37.4. The lowest BCUT2D eigenvalue weighted by molar-refractivity contribution is -0.122. The molecule has 1 N–H and O–H groups in total. The second-order valence-electron chi connectivity index (χ2n) is 1.25. The molecule has 2 nitrogen and oxygen atoms in total. The van der Waals surface area contributed by atoms with E-state index in [9.17, 15) is 0 Å². The highest BCUT2D eigenvalue weighted by atomic mass is 31.0. The Kier molecular flexibility index (Phi) is 21.3. The first-order valence-corrected chi connectivity index (χ1v) is 3.43. The van der Waals surface area contributed by atoms with Crippen molar-refractivity contribution in [2.24, 2.45) is 0 Å². The molecule has 3 heteroatoms. The Morgan fingerprint density at radius 3 is 2.12 bits per heavy atom. The summed E-state index contributed by atoms with van der Waals surface area (Å²) in [5, 5.41) is 6.89. The Morgan fingerprint density at radius 2 is 2.12 bits per heavy atom. The molecule has 0 aliphatic carbocycles. The number of carboxylic acid groups (broad SMARTS) is 1. The first kappa shape index (κ1) is 10.8. The Morgan fingerprint density at radius 1 is 1.75 bits per heavy atom. The third kappa shape index (κ3) is 39.2. The van der Waals surface area contributed by atoms with Crippen LogP contribution in [0.3, 0.4) is 0 Å². The van der Waals surface area contributed by atoms with Gasteiger partial charge in [-0.25, -0.2) is 0 Å². The minimum atomic E-state index is -0.250. The summed E-state index contributed by atoms with van der Waals surface area (Å²) in [6, 6.07) is 0. The fourth-order valence-corrected chi connectivity index (χ4v) is 0.612. The van der Waals surface area contributed by atoms with Crippen LogP contribution < -0.4 is 0 Å². The fraction of sp³-hybridized carbons (Fsp3) is 0.800. The van der Waals surface area contributed by atoms with Crippen molar-refractivity contribution in [3.8, 4) is 0 Å². The van der Waals surface area contributed by atoms with Gasteiger partial charge in [-0.2, -0.15) is 0 Å². The Labute approximate surface area is 52.5 Å². The molecule has 0 heterocycles. The second kappa shape index (κ2) is 15.8. The number of hydrogen-bond acceptors (Lipinski definition) is 1. The van der Waals surface area contributed by atoms with Crippen molar-refractivity contribution in [3.63, 3.8) is 0 Å². The Balaban J connectivity index is 0.